The summed E-state index contributed by atoms with van der Waals surface area (Å²) in [6.07, 6.45) is 1.59. The van der Waals surface area contributed by atoms with Crippen LogP contribution in [-0.2, 0) is 6.54 Å². The molecule has 0 radical (unpaired) electrons. The van der Waals surface area contributed by atoms with Gasteiger partial charge in [0.1, 0.15) is 4.83 Å². The zero-order valence-electron chi connectivity index (χ0n) is 11.7. The zero-order valence-corrected chi connectivity index (χ0v) is 13.2. The first-order valence-corrected chi connectivity index (χ1v) is 7.71. The predicted molar refractivity (Wildman–Crippen MR) is 87.7 cm³/mol. The molecule has 7 heteroatoms. The summed E-state index contributed by atoms with van der Waals surface area (Å²) in [6, 6.07) is 8.34. The summed E-state index contributed by atoms with van der Waals surface area (Å²) >= 11 is 6.94. The Morgan fingerprint density at radius 1 is 1.41 bits per heavy atom. The average molecular weight is 334 g/mol. The van der Waals surface area contributed by atoms with Crippen LogP contribution >= 0.6 is 23.1 Å². The number of fused-ring (bicyclic) bond motifs is 1. The van der Waals surface area contributed by atoms with Gasteiger partial charge in [-0.25, -0.2) is 9.78 Å². The van der Waals surface area contributed by atoms with Crippen molar-refractivity contribution in [2.24, 2.45) is 0 Å². The Labute approximate surface area is 135 Å². The lowest BCUT2D eigenvalue weighted by Crippen LogP contribution is -2.32. The zero-order chi connectivity index (χ0) is 15.7. The first-order valence-electron chi connectivity index (χ1n) is 6.56. The van der Waals surface area contributed by atoms with Crippen molar-refractivity contribution >= 4 is 39.4 Å². The van der Waals surface area contributed by atoms with Gasteiger partial charge in [0.25, 0.3) is 5.56 Å². The highest BCUT2D eigenvalue weighted by Gasteiger charge is 2.14. The van der Waals surface area contributed by atoms with Crippen LogP contribution in [0.4, 0.5) is 4.79 Å². The van der Waals surface area contributed by atoms with E-state index < -0.39 is 6.03 Å². The second-order valence-corrected chi connectivity index (χ2v) is 6.15. The second kappa shape index (κ2) is 5.90. The number of nitrogens with zero attached hydrogens (tertiary/aromatic N) is 2. The topological polar surface area (TPSA) is 64.0 Å². The van der Waals surface area contributed by atoms with Gasteiger partial charge >= 0.3 is 6.03 Å². The quantitative estimate of drug-likeness (QED) is 0.783. The predicted octanol–water partition coefficient (Wildman–Crippen LogP) is 3.18. The standard InChI is InChI=1S/C15H12ClN3O2S/c1-9-7-11(16)5-4-10(9)8-18-15(21)19-14(20)12-3-2-6-17-13(12)22-19/h2-7H,8H2,1H3,(H,18,21). The number of aryl methyl sites for hydroxylation is 1. The minimum absolute atomic E-state index is 0.329. The summed E-state index contributed by atoms with van der Waals surface area (Å²) in [5, 5.41) is 3.84. The van der Waals surface area contributed by atoms with Crippen molar-refractivity contribution in [1.82, 2.24) is 14.3 Å². The lowest BCUT2D eigenvalue weighted by atomic mass is 10.1. The number of aromatic nitrogens is 2. The highest BCUT2D eigenvalue weighted by atomic mass is 35.5. The molecule has 3 aromatic rings. The minimum Gasteiger partial charge on any atom is -0.333 e. The normalized spacial score (nSPS) is 10.8. The third-order valence-corrected chi connectivity index (χ3v) is 4.53. The molecule has 2 heterocycles. The van der Waals surface area contributed by atoms with Crippen molar-refractivity contribution in [3.63, 3.8) is 0 Å². The van der Waals surface area contributed by atoms with E-state index in [-0.39, 0.29) is 5.56 Å². The van der Waals surface area contributed by atoms with Crippen LogP contribution in [0.3, 0.4) is 0 Å². The van der Waals surface area contributed by atoms with Gasteiger partial charge in [-0.2, -0.15) is 3.96 Å². The van der Waals surface area contributed by atoms with Crippen molar-refractivity contribution in [2.45, 2.75) is 13.5 Å². The van der Waals surface area contributed by atoms with E-state index in [4.69, 9.17) is 11.6 Å². The molecule has 0 bridgehead atoms. The highest BCUT2D eigenvalue weighted by Crippen LogP contribution is 2.15. The fraction of sp³-hybridized carbons (Fsp3) is 0.133. The fourth-order valence-electron chi connectivity index (χ4n) is 2.10. The van der Waals surface area contributed by atoms with Crippen molar-refractivity contribution in [3.8, 4) is 0 Å². The highest BCUT2D eigenvalue weighted by molar-refractivity contribution is 7.14. The molecule has 22 heavy (non-hydrogen) atoms. The van der Waals surface area contributed by atoms with E-state index in [1.165, 1.54) is 0 Å². The second-order valence-electron chi connectivity index (χ2n) is 4.78. The number of pyridine rings is 1. The number of carbonyl (C=O) groups excluding carboxylic acids is 1. The van der Waals surface area contributed by atoms with E-state index in [1.54, 1.807) is 24.4 Å². The number of benzene rings is 1. The molecule has 0 atom stereocenters. The van der Waals surface area contributed by atoms with Gasteiger partial charge in [0.15, 0.2) is 0 Å². The van der Waals surface area contributed by atoms with Crippen LogP contribution < -0.4 is 10.9 Å². The van der Waals surface area contributed by atoms with Crippen LogP contribution in [0.25, 0.3) is 10.2 Å². The van der Waals surface area contributed by atoms with Gasteiger partial charge in [0.2, 0.25) is 0 Å². The lowest BCUT2D eigenvalue weighted by Gasteiger charge is -2.07. The number of hydrogen-bond acceptors (Lipinski definition) is 4. The largest absolute Gasteiger partial charge is 0.338 e. The molecular weight excluding hydrogens is 322 g/mol. The number of carbonyl (C=O) groups is 1. The maximum absolute atomic E-state index is 12.2. The molecule has 0 saturated heterocycles. The minimum atomic E-state index is -0.456. The van der Waals surface area contributed by atoms with E-state index in [0.29, 0.717) is 21.8 Å². The van der Waals surface area contributed by atoms with Gasteiger partial charge < -0.3 is 5.32 Å². The molecule has 0 aliphatic carbocycles. The number of rotatable bonds is 2. The Balaban J connectivity index is 1.82. The van der Waals surface area contributed by atoms with Crippen LogP contribution in [-0.4, -0.2) is 15.0 Å². The number of halogens is 1. The molecule has 0 saturated carbocycles. The van der Waals surface area contributed by atoms with Crippen molar-refractivity contribution in [2.75, 3.05) is 0 Å². The molecule has 2 aromatic heterocycles. The van der Waals surface area contributed by atoms with Crippen LogP contribution in [0, 0.1) is 6.92 Å². The molecule has 1 amide bonds. The number of hydrogen-bond donors (Lipinski definition) is 1. The number of nitrogens with one attached hydrogen (secondary N) is 1. The summed E-state index contributed by atoms with van der Waals surface area (Å²) in [7, 11) is 0. The summed E-state index contributed by atoms with van der Waals surface area (Å²) in [6.45, 7) is 2.25. The maximum Gasteiger partial charge on any atom is 0.338 e. The Morgan fingerprint density at radius 2 is 2.23 bits per heavy atom. The molecule has 0 spiro atoms. The van der Waals surface area contributed by atoms with Crippen molar-refractivity contribution < 1.29 is 4.79 Å². The average Bonchev–Trinajstić information content (AvgIpc) is 2.84. The number of amides is 1. The first kappa shape index (κ1) is 14.7. The van der Waals surface area contributed by atoms with Gasteiger partial charge in [-0.15, -0.1) is 0 Å². The van der Waals surface area contributed by atoms with E-state index in [9.17, 15) is 9.59 Å². The molecule has 0 unspecified atom stereocenters. The molecule has 112 valence electrons. The molecule has 5 nitrogen and oxygen atoms in total. The van der Waals surface area contributed by atoms with Crippen LogP contribution in [0.15, 0.2) is 41.3 Å². The molecule has 1 N–H and O–H groups in total. The molecule has 0 fully saturated rings. The van der Waals surface area contributed by atoms with Gasteiger partial charge in [-0.3, -0.25) is 4.79 Å². The molecular formula is C15H12ClN3O2S. The van der Waals surface area contributed by atoms with E-state index >= 15 is 0 Å². The van der Waals surface area contributed by atoms with Crippen molar-refractivity contribution in [3.05, 3.63) is 63.0 Å². The summed E-state index contributed by atoms with van der Waals surface area (Å²) in [5.41, 5.74) is 1.58. The SMILES string of the molecule is Cc1cc(Cl)ccc1CNC(=O)n1sc2ncccc2c1=O. The van der Waals surface area contributed by atoms with E-state index in [0.717, 1.165) is 26.6 Å². The molecule has 3 rings (SSSR count). The third kappa shape index (κ3) is 2.75. The first-order chi connectivity index (χ1) is 10.6. The Hall–Kier alpha value is -2.18. The van der Waals surface area contributed by atoms with Gasteiger partial charge in [0.05, 0.1) is 5.39 Å². The third-order valence-electron chi connectivity index (χ3n) is 3.28. The van der Waals surface area contributed by atoms with Crippen molar-refractivity contribution in [1.29, 1.82) is 0 Å². The maximum atomic E-state index is 12.2. The van der Waals surface area contributed by atoms with Crippen LogP contribution in [0.5, 0.6) is 0 Å². The summed E-state index contributed by atoms with van der Waals surface area (Å²) < 4.78 is 1.09. The van der Waals surface area contributed by atoms with E-state index in [2.05, 4.69) is 10.3 Å². The molecule has 0 aliphatic heterocycles. The fourth-order valence-corrected chi connectivity index (χ4v) is 3.19. The Kier molecular flexibility index (Phi) is 3.96. The lowest BCUT2D eigenvalue weighted by molar-refractivity contribution is 0.243. The smallest absolute Gasteiger partial charge is 0.333 e. The van der Waals surface area contributed by atoms with Gasteiger partial charge in [-0.1, -0.05) is 17.7 Å². The van der Waals surface area contributed by atoms with Crippen LogP contribution in [0.1, 0.15) is 11.1 Å². The van der Waals surface area contributed by atoms with Gasteiger partial charge in [0, 0.05) is 17.8 Å². The van der Waals surface area contributed by atoms with Crippen LogP contribution in [0.2, 0.25) is 5.02 Å². The van der Waals surface area contributed by atoms with Gasteiger partial charge in [-0.05, 0) is 53.8 Å². The monoisotopic (exact) mass is 333 g/mol. The molecule has 0 aliphatic rings. The summed E-state index contributed by atoms with van der Waals surface area (Å²) in [5.74, 6) is 0. The summed E-state index contributed by atoms with van der Waals surface area (Å²) in [4.78, 5) is 29.0. The Morgan fingerprint density at radius 3 is 2.95 bits per heavy atom. The Bertz CT molecular complexity index is 917. The van der Waals surface area contributed by atoms with E-state index in [1.807, 2.05) is 19.1 Å². The molecule has 1 aromatic carbocycles.